The zero-order valence-corrected chi connectivity index (χ0v) is 9.95. The van der Waals surface area contributed by atoms with E-state index in [1.807, 2.05) is 13.8 Å². The van der Waals surface area contributed by atoms with Gasteiger partial charge in [-0.15, -0.1) is 6.58 Å². The van der Waals surface area contributed by atoms with Crippen molar-refractivity contribution in [3.63, 3.8) is 0 Å². The Balaban J connectivity index is 3.97. The van der Waals surface area contributed by atoms with E-state index in [-0.39, 0.29) is 5.91 Å². The van der Waals surface area contributed by atoms with Crippen LogP contribution in [-0.4, -0.2) is 50.2 Å². The second-order valence-corrected chi connectivity index (χ2v) is 3.66. The molecule has 0 aliphatic carbocycles. The lowest BCUT2D eigenvalue weighted by atomic mass is 10.3. The number of rotatable bonds is 8. The summed E-state index contributed by atoms with van der Waals surface area (Å²) in [5, 5.41) is 3.09. The maximum absolute atomic E-state index is 11.7. The van der Waals surface area contributed by atoms with Crippen LogP contribution in [0.1, 0.15) is 13.8 Å². The van der Waals surface area contributed by atoms with Crippen LogP contribution in [0.2, 0.25) is 0 Å². The number of carbonyl (C=O) groups excluding carboxylic acids is 1. The van der Waals surface area contributed by atoms with Gasteiger partial charge < -0.3 is 15.0 Å². The summed E-state index contributed by atoms with van der Waals surface area (Å²) in [4.78, 5) is 13.4. The molecule has 0 rings (SSSR count). The third-order valence-corrected chi connectivity index (χ3v) is 1.93. The van der Waals surface area contributed by atoms with Gasteiger partial charge in [-0.25, -0.2) is 0 Å². The summed E-state index contributed by atoms with van der Waals surface area (Å²) in [7, 11) is 1.63. The molecule has 0 aromatic heterocycles. The minimum absolute atomic E-state index is 0.0839. The first kappa shape index (κ1) is 14.1. The molecule has 0 bridgehead atoms. The standard InChI is InChI=1S/C11H22N2O2/c1-5-6-13(7-8-15-4)11(14)9-12-10(2)3/h5,10,12H,1,6-9H2,2-4H3. The lowest BCUT2D eigenvalue weighted by Gasteiger charge is -2.21. The summed E-state index contributed by atoms with van der Waals surface area (Å²) < 4.78 is 4.95. The van der Waals surface area contributed by atoms with Gasteiger partial charge in [0, 0.05) is 26.2 Å². The molecular weight excluding hydrogens is 192 g/mol. The molecule has 0 atom stereocenters. The monoisotopic (exact) mass is 214 g/mol. The van der Waals surface area contributed by atoms with Crippen LogP contribution >= 0.6 is 0 Å². The molecule has 0 spiro atoms. The van der Waals surface area contributed by atoms with E-state index in [2.05, 4.69) is 11.9 Å². The first-order chi connectivity index (χ1) is 7.11. The van der Waals surface area contributed by atoms with Crippen LogP contribution in [0.3, 0.4) is 0 Å². The molecule has 0 aromatic rings. The number of methoxy groups -OCH3 is 1. The van der Waals surface area contributed by atoms with E-state index >= 15 is 0 Å². The molecule has 4 heteroatoms. The van der Waals surface area contributed by atoms with Gasteiger partial charge in [-0.1, -0.05) is 19.9 Å². The fourth-order valence-electron chi connectivity index (χ4n) is 1.08. The zero-order chi connectivity index (χ0) is 11.7. The number of hydrogen-bond acceptors (Lipinski definition) is 3. The van der Waals surface area contributed by atoms with Crippen molar-refractivity contribution in [1.29, 1.82) is 0 Å². The van der Waals surface area contributed by atoms with Crippen molar-refractivity contribution in [3.8, 4) is 0 Å². The first-order valence-electron chi connectivity index (χ1n) is 5.22. The molecule has 4 nitrogen and oxygen atoms in total. The highest BCUT2D eigenvalue weighted by molar-refractivity contribution is 5.78. The zero-order valence-electron chi connectivity index (χ0n) is 9.95. The predicted molar refractivity (Wildman–Crippen MR) is 61.8 cm³/mol. The van der Waals surface area contributed by atoms with Crippen molar-refractivity contribution in [2.45, 2.75) is 19.9 Å². The lowest BCUT2D eigenvalue weighted by molar-refractivity contribution is -0.130. The Hall–Kier alpha value is -0.870. The van der Waals surface area contributed by atoms with Gasteiger partial charge in [0.2, 0.25) is 5.91 Å². The Bertz CT molecular complexity index is 193. The molecule has 1 N–H and O–H groups in total. The lowest BCUT2D eigenvalue weighted by Crippen LogP contribution is -2.41. The van der Waals surface area contributed by atoms with E-state index in [0.717, 1.165) is 0 Å². The molecule has 0 heterocycles. The summed E-state index contributed by atoms with van der Waals surface area (Å²) in [6, 6.07) is 0.321. The minimum Gasteiger partial charge on any atom is -0.383 e. The molecule has 0 radical (unpaired) electrons. The Morgan fingerprint density at radius 2 is 2.27 bits per heavy atom. The van der Waals surface area contributed by atoms with Crippen molar-refractivity contribution in [2.75, 3.05) is 33.4 Å². The van der Waals surface area contributed by atoms with Crippen LogP contribution in [0.5, 0.6) is 0 Å². The van der Waals surface area contributed by atoms with Crippen molar-refractivity contribution in [3.05, 3.63) is 12.7 Å². The van der Waals surface area contributed by atoms with Gasteiger partial charge in [0.1, 0.15) is 0 Å². The summed E-state index contributed by atoms with van der Waals surface area (Å²) in [6.45, 7) is 9.77. The molecule has 0 aliphatic heterocycles. The summed E-state index contributed by atoms with van der Waals surface area (Å²) >= 11 is 0. The van der Waals surface area contributed by atoms with Crippen LogP contribution in [-0.2, 0) is 9.53 Å². The van der Waals surface area contributed by atoms with Crippen molar-refractivity contribution >= 4 is 5.91 Å². The van der Waals surface area contributed by atoms with E-state index in [0.29, 0.717) is 32.3 Å². The number of amides is 1. The summed E-state index contributed by atoms with van der Waals surface area (Å²) in [5.41, 5.74) is 0. The second kappa shape index (κ2) is 8.44. The number of carbonyl (C=O) groups is 1. The Kier molecular flexibility index (Phi) is 7.95. The molecule has 0 saturated heterocycles. The van der Waals surface area contributed by atoms with Gasteiger partial charge in [-0.05, 0) is 0 Å². The van der Waals surface area contributed by atoms with E-state index in [1.54, 1.807) is 18.1 Å². The molecule has 1 amide bonds. The highest BCUT2D eigenvalue weighted by Crippen LogP contribution is 1.91. The van der Waals surface area contributed by atoms with Crippen molar-refractivity contribution in [2.24, 2.45) is 0 Å². The molecule has 0 aliphatic rings. The SMILES string of the molecule is C=CCN(CCOC)C(=O)CNC(C)C. The van der Waals surface area contributed by atoms with E-state index in [1.165, 1.54) is 0 Å². The summed E-state index contributed by atoms with van der Waals surface area (Å²) in [6.07, 6.45) is 1.73. The van der Waals surface area contributed by atoms with Gasteiger partial charge in [0.05, 0.1) is 13.2 Å². The van der Waals surface area contributed by atoms with E-state index in [4.69, 9.17) is 4.74 Å². The maximum Gasteiger partial charge on any atom is 0.236 e. The quantitative estimate of drug-likeness (QED) is 0.603. The average Bonchev–Trinajstić information content (AvgIpc) is 2.20. The average molecular weight is 214 g/mol. The number of hydrogen-bond donors (Lipinski definition) is 1. The van der Waals surface area contributed by atoms with Gasteiger partial charge >= 0.3 is 0 Å². The van der Waals surface area contributed by atoms with E-state index in [9.17, 15) is 4.79 Å². The molecule has 15 heavy (non-hydrogen) atoms. The topological polar surface area (TPSA) is 41.6 Å². The Morgan fingerprint density at radius 3 is 2.73 bits per heavy atom. The van der Waals surface area contributed by atoms with Crippen LogP contribution in [0.4, 0.5) is 0 Å². The first-order valence-corrected chi connectivity index (χ1v) is 5.22. The highest BCUT2D eigenvalue weighted by Gasteiger charge is 2.11. The van der Waals surface area contributed by atoms with Crippen LogP contribution in [0.15, 0.2) is 12.7 Å². The smallest absolute Gasteiger partial charge is 0.236 e. The fourth-order valence-corrected chi connectivity index (χ4v) is 1.08. The molecule has 0 saturated carbocycles. The molecule has 0 fully saturated rings. The molecule has 0 aromatic carbocycles. The van der Waals surface area contributed by atoms with E-state index < -0.39 is 0 Å². The van der Waals surface area contributed by atoms with Gasteiger partial charge in [-0.2, -0.15) is 0 Å². The van der Waals surface area contributed by atoms with Crippen LogP contribution < -0.4 is 5.32 Å². The number of nitrogens with one attached hydrogen (secondary N) is 1. The molecular formula is C11H22N2O2. The largest absolute Gasteiger partial charge is 0.383 e. The van der Waals surface area contributed by atoms with Crippen molar-refractivity contribution < 1.29 is 9.53 Å². The van der Waals surface area contributed by atoms with Crippen LogP contribution in [0, 0.1) is 0 Å². The predicted octanol–water partition coefficient (Wildman–Crippen LogP) is 0.645. The molecule has 88 valence electrons. The third-order valence-electron chi connectivity index (χ3n) is 1.93. The van der Waals surface area contributed by atoms with Crippen LogP contribution in [0.25, 0.3) is 0 Å². The number of ether oxygens (including phenoxy) is 1. The molecule has 0 unspecified atom stereocenters. The summed E-state index contributed by atoms with van der Waals surface area (Å²) in [5.74, 6) is 0.0839. The minimum atomic E-state index is 0.0839. The third kappa shape index (κ3) is 7.11. The van der Waals surface area contributed by atoms with Gasteiger partial charge in [0.25, 0.3) is 0 Å². The van der Waals surface area contributed by atoms with Gasteiger partial charge in [0.15, 0.2) is 0 Å². The van der Waals surface area contributed by atoms with Gasteiger partial charge in [-0.3, -0.25) is 4.79 Å². The van der Waals surface area contributed by atoms with Crippen molar-refractivity contribution in [1.82, 2.24) is 10.2 Å². The Morgan fingerprint density at radius 1 is 1.60 bits per heavy atom. The highest BCUT2D eigenvalue weighted by atomic mass is 16.5. The normalized spacial score (nSPS) is 10.4. The fraction of sp³-hybridized carbons (Fsp3) is 0.727. The Labute approximate surface area is 92.3 Å². The maximum atomic E-state index is 11.7. The number of nitrogens with zero attached hydrogens (tertiary/aromatic N) is 1. The second-order valence-electron chi connectivity index (χ2n) is 3.66.